The van der Waals surface area contributed by atoms with Gasteiger partial charge in [-0.15, -0.1) is 0 Å². The average molecular weight is 291 g/mol. The second kappa shape index (κ2) is 5.70. The van der Waals surface area contributed by atoms with Gasteiger partial charge in [0.05, 0.1) is 18.4 Å². The van der Waals surface area contributed by atoms with E-state index in [4.69, 9.17) is 5.73 Å². The van der Waals surface area contributed by atoms with E-state index in [1.54, 1.807) is 4.90 Å². The molecule has 1 aliphatic rings. The number of anilines is 1. The van der Waals surface area contributed by atoms with E-state index >= 15 is 0 Å². The molecule has 0 spiro atoms. The summed E-state index contributed by atoms with van der Waals surface area (Å²) < 4.78 is 38.1. The van der Waals surface area contributed by atoms with Crippen molar-refractivity contribution >= 4 is 11.6 Å². The van der Waals surface area contributed by atoms with Gasteiger partial charge in [-0.3, -0.25) is 14.4 Å². The standard InChI is InChI=1S/C11H16F3N5O/c12-11(13,14)8-17-1-3-18(4-2-17)10(20)7-19-6-9(15)5-16-19/h5-6H,1-4,7-8,15H2. The normalized spacial score (nSPS) is 17.4. The third-order valence-electron chi connectivity index (χ3n) is 3.08. The van der Waals surface area contributed by atoms with Gasteiger partial charge in [0.25, 0.3) is 0 Å². The Morgan fingerprint density at radius 2 is 1.95 bits per heavy atom. The minimum atomic E-state index is -4.20. The van der Waals surface area contributed by atoms with E-state index in [1.807, 2.05) is 0 Å². The fourth-order valence-corrected chi connectivity index (χ4v) is 2.11. The molecule has 2 heterocycles. The van der Waals surface area contributed by atoms with Crippen molar-refractivity contribution in [2.24, 2.45) is 0 Å². The Bertz CT molecular complexity index is 465. The first-order chi connectivity index (χ1) is 9.33. The van der Waals surface area contributed by atoms with Crippen molar-refractivity contribution in [3.63, 3.8) is 0 Å². The lowest BCUT2D eigenvalue weighted by Crippen LogP contribution is -2.51. The van der Waals surface area contributed by atoms with E-state index in [9.17, 15) is 18.0 Å². The molecule has 0 aromatic carbocycles. The highest BCUT2D eigenvalue weighted by atomic mass is 19.4. The minimum Gasteiger partial charge on any atom is -0.396 e. The molecule has 112 valence electrons. The third-order valence-corrected chi connectivity index (χ3v) is 3.08. The van der Waals surface area contributed by atoms with Crippen LogP contribution in [0.2, 0.25) is 0 Å². The number of nitrogen functional groups attached to an aromatic ring is 1. The molecule has 20 heavy (non-hydrogen) atoms. The van der Waals surface area contributed by atoms with Crippen LogP contribution >= 0.6 is 0 Å². The Balaban J connectivity index is 1.80. The smallest absolute Gasteiger partial charge is 0.396 e. The Hall–Kier alpha value is -1.77. The SMILES string of the molecule is Nc1cnn(CC(=O)N2CCN(CC(F)(F)F)CC2)c1. The van der Waals surface area contributed by atoms with Crippen LogP contribution in [0.3, 0.4) is 0 Å². The van der Waals surface area contributed by atoms with Gasteiger partial charge < -0.3 is 10.6 Å². The number of carbonyl (C=O) groups is 1. The van der Waals surface area contributed by atoms with E-state index in [-0.39, 0.29) is 25.5 Å². The van der Waals surface area contributed by atoms with Gasteiger partial charge in [-0.2, -0.15) is 18.3 Å². The maximum Gasteiger partial charge on any atom is 0.401 e. The fraction of sp³-hybridized carbons (Fsp3) is 0.636. The van der Waals surface area contributed by atoms with Crippen LogP contribution in [0.4, 0.5) is 18.9 Å². The number of carbonyl (C=O) groups excluding carboxylic acids is 1. The zero-order chi connectivity index (χ0) is 14.8. The number of aromatic nitrogens is 2. The number of rotatable bonds is 3. The number of halogens is 3. The van der Waals surface area contributed by atoms with Crippen LogP contribution in [0, 0.1) is 0 Å². The van der Waals surface area contributed by atoms with E-state index in [0.29, 0.717) is 18.8 Å². The van der Waals surface area contributed by atoms with Crippen LogP contribution in [0.25, 0.3) is 0 Å². The lowest BCUT2D eigenvalue weighted by Gasteiger charge is -2.34. The molecule has 1 fully saturated rings. The molecule has 2 N–H and O–H groups in total. The first-order valence-corrected chi connectivity index (χ1v) is 6.18. The van der Waals surface area contributed by atoms with E-state index in [0.717, 1.165) is 0 Å². The molecule has 1 aromatic heterocycles. The fourth-order valence-electron chi connectivity index (χ4n) is 2.11. The summed E-state index contributed by atoms with van der Waals surface area (Å²) in [5.74, 6) is -0.167. The Kier molecular flexibility index (Phi) is 4.17. The van der Waals surface area contributed by atoms with Crippen molar-refractivity contribution < 1.29 is 18.0 Å². The third kappa shape index (κ3) is 4.12. The molecular formula is C11H16F3N5O. The van der Waals surface area contributed by atoms with Gasteiger partial charge in [-0.05, 0) is 0 Å². The minimum absolute atomic E-state index is 0.0521. The number of nitrogens with two attached hydrogens (primary N) is 1. The summed E-state index contributed by atoms with van der Waals surface area (Å²) in [6.45, 7) is 0.178. The molecule has 1 aromatic rings. The highest BCUT2D eigenvalue weighted by Crippen LogP contribution is 2.17. The van der Waals surface area contributed by atoms with Crippen LogP contribution in [0.1, 0.15) is 0 Å². The highest BCUT2D eigenvalue weighted by molar-refractivity contribution is 5.76. The number of amides is 1. The number of alkyl halides is 3. The van der Waals surface area contributed by atoms with Crippen LogP contribution < -0.4 is 5.73 Å². The van der Waals surface area contributed by atoms with Crippen molar-refractivity contribution in [1.29, 1.82) is 0 Å². The topological polar surface area (TPSA) is 67.4 Å². The van der Waals surface area contributed by atoms with Crippen LogP contribution in [-0.4, -0.2) is 64.4 Å². The predicted octanol–water partition coefficient (Wildman–Crippen LogP) is 0.172. The number of piperazine rings is 1. The molecule has 1 aliphatic heterocycles. The van der Waals surface area contributed by atoms with E-state index in [1.165, 1.54) is 22.0 Å². The van der Waals surface area contributed by atoms with Crippen molar-refractivity contribution in [2.75, 3.05) is 38.5 Å². The van der Waals surface area contributed by atoms with Crippen molar-refractivity contribution in [1.82, 2.24) is 19.6 Å². The second-order valence-electron chi connectivity index (χ2n) is 4.74. The summed E-state index contributed by atoms with van der Waals surface area (Å²) >= 11 is 0. The average Bonchev–Trinajstić information content (AvgIpc) is 2.73. The van der Waals surface area contributed by atoms with Gasteiger partial charge in [0, 0.05) is 32.4 Å². The summed E-state index contributed by atoms with van der Waals surface area (Å²) in [7, 11) is 0. The zero-order valence-corrected chi connectivity index (χ0v) is 10.8. The summed E-state index contributed by atoms with van der Waals surface area (Å²) in [6.07, 6.45) is -1.22. The molecular weight excluding hydrogens is 275 g/mol. The van der Waals surface area contributed by atoms with Crippen molar-refractivity contribution in [3.05, 3.63) is 12.4 Å². The maximum atomic E-state index is 12.2. The molecule has 0 unspecified atom stereocenters. The van der Waals surface area contributed by atoms with Gasteiger partial charge in [0.15, 0.2) is 0 Å². The molecule has 2 rings (SSSR count). The van der Waals surface area contributed by atoms with Crippen LogP contribution in [0.15, 0.2) is 12.4 Å². The summed E-state index contributed by atoms with van der Waals surface area (Å²) in [6, 6.07) is 0. The Morgan fingerprint density at radius 1 is 1.30 bits per heavy atom. The van der Waals surface area contributed by atoms with Gasteiger partial charge in [0.2, 0.25) is 5.91 Å². The molecule has 0 aliphatic carbocycles. The van der Waals surface area contributed by atoms with Crippen LogP contribution in [-0.2, 0) is 11.3 Å². The Labute approximate surface area is 113 Å². The highest BCUT2D eigenvalue weighted by Gasteiger charge is 2.32. The predicted molar refractivity (Wildman–Crippen MR) is 65.7 cm³/mol. The van der Waals surface area contributed by atoms with E-state index < -0.39 is 12.7 Å². The first kappa shape index (κ1) is 14.6. The van der Waals surface area contributed by atoms with Gasteiger partial charge in [0.1, 0.15) is 6.54 Å². The largest absolute Gasteiger partial charge is 0.401 e. The summed E-state index contributed by atoms with van der Waals surface area (Å²) in [5, 5.41) is 3.90. The summed E-state index contributed by atoms with van der Waals surface area (Å²) in [4.78, 5) is 14.8. The molecule has 0 bridgehead atoms. The number of hydrogen-bond acceptors (Lipinski definition) is 4. The zero-order valence-electron chi connectivity index (χ0n) is 10.8. The quantitative estimate of drug-likeness (QED) is 0.862. The molecule has 0 atom stereocenters. The Morgan fingerprint density at radius 3 is 2.45 bits per heavy atom. The van der Waals surface area contributed by atoms with Gasteiger partial charge in [-0.25, -0.2) is 0 Å². The maximum absolute atomic E-state index is 12.2. The molecule has 0 radical (unpaired) electrons. The molecule has 6 nitrogen and oxygen atoms in total. The molecule has 1 saturated heterocycles. The summed E-state index contributed by atoms with van der Waals surface area (Å²) in [5.41, 5.74) is 5.95. The van der Waals surface area contributed by atoms with E-state index in [2.05, 4.69) is 5.10 Å². The first-order valence-electron chi connectivity index (χ1n) is 6.18. The number of nitrogens with zero attached hydrogens (tertiary/aromatic N) is 4. The number of hydrogen-bond donors (Lipinski definition) is 1. The van der Waals surface area contributed by atoms with Gasteiger partial charge in [-0.1, -0.05) is 0 Å². The molecule has 1 amide bonds. The molecule has 9 heteroatoms. The van der Waals surface area contributed by atoms with Crippen LogP contribution in [0.5, 0.6) is 0 Å². The second-order valence-corrected chi connectivity index (χ2v) is 4.74. The van der Waals surface area contributed by atoms with Gasteiger partial charge >= 0.3 is 6.18 Å². The lowest BCUT2D eigenvalue weighted by molar-refractivity contribution is -0.151. The lowest BCUT2D eigenvalue weighted by atomic mass is 10.3. The van der Waals surface area contributed by atoms with Crippen molar-refractivity contribution in [3.8, 4) is 0 Å². The van der Waals surface area contributed by atoms with Crippen molar-refractivity contribution in [2.45, 2.75) is 12.7 Å². The molecule has 0 saturated carbocycles. The monoisotopic (exact) mass is 291 g/mol.